The molecule has 1 N–H and O–H groups in total. The number of halogens is 1. The molecule has 0 aliphatic heterocycles. The number of rotatable bonds is 7. The summed E-state index contributed by atoms with van der Waals surface area (Å²) in [5.41, 5.74) is 0.804. The van der Waals surface area contributed by atoms with E-state index in [1.807, 2.05) is 31.2 Å². The van der Waals surface area contributed by atoms with Gasteiger partial charge in [0.05, 0.1) is 18.7 Å². The summed E-state index contributed by atoms with van der Waals surface area (Å²) in [4.78, 5) is 15.9. The molecule has 0 bridgehead atoms. The summed E-state index contributed by atoms with van der Waals surface area (Å²) in [7, 11) is 0. The van der Waals surface area contributed by atoms with Gasteiger partial charge < -0.3 is 9.84 Å². The number of aryl methyl sites for hydroxylation is 1. The van der Waals surface area contributed by atoms with Crippen LogP contribution in [0.1, 0.15) is 10.6 Å². The standard InChI is InChI=1S/C14H14BrNO3S2/c1-9-12(8-13(17)18)21-14(16-9)20-6-5-19-11-4-2-3-10(15)7-11/h2-4,7H,5-6,8H2,1H3,(H,17,18). The van der Waals surface area contributed by atoms with E-state index in [0.29, 0.717) is 6.61 Å². The molecule has 0 atom stereocenters. The van der Waals surface area contributed by atoms with Crippen molar-refractivity contribution in [3.63, 3.8) is 0 Å². The molecule has 0 spiro atoms. The molecule has 1 aromatic heterocycles. The van der Waals surface area contributed by atoms with Crippen molar-refractivity contribution in [2.24, 2.45) is 0 Å². The molecule has 0 aliphatic rings. The number of thioether (sulfide) groups is 1. The fraction of sp³-hybridized carbons (Fsp3) is 0.286. The monoisotopic (exact) mass is 387 g/mol. The number of benzene rings is 1. The third-order valence-corrected chi connectivity index (χ3v) is 5.32. The van der Waals surface area contributed by atoms with Gasteiger partial charge in [-0.05, 0) is 25.1 Å². The molecule has 0 unspecified atom stereocenters. The van der Waals surface area contributed by atoms with Gasteiger partial charge in [-0.1, -0.05) is 33.8 Å². The zero-order chi connectivity index (χ0) is 15.2. The molecule has 0 fully saturated rings. The minimum Gasteiger partial charge on any atom is -0.493 e. The predicted octanol–water partition coefficient (Wildman–Crippen LogP) is 4.01. The molecule has 0 amide bonds. The van der Waals surface area contributed by atoms with E-state index >= 15 is 0 Å². The Balaban J connectivity index is 1.79. The number of ether oxygens (including phenoxy) is 1. The number of nitrogens with zero attached hydrogens (tertiary/aromatic N) is 1. The molecular weight excluding hydrogens is 374 g/mol. The maximum Gasteiger partial charge on any atom is 0.308 e. The van der Waals surface area contributed by atoms with E-state index in [9.17, 15) is 4.79 Å². The number of aromatic nitrogens is 1. The summed E-state index contributed by atoms with van der Waals surface area (Å²) in [6.45, 7) is 2.42. The van der Waals surface area contributed by atoms with Crippen LogP contribution in [0.3, 0.4) is 0 Å². The summed E-state index contributed by atoms with van der Waals surface area (Å²) in [6, 6.07) is 7.70. The Labute approximate surface area is 139 Å². The molecule has 0 aliphatic carbocycles. The highest BCUT2D eigenvalue weighted by molar-refractivity contribution is 9.10. The highest BCUT2D eigenvalue weighted by Crippen LogP contribution is 2.27. The van der Waals surface area contributed by atoms with Gasteiger partial charge in [-0.25, -0.2) is 4.98 Å². The molecule has 2 aromatic rings. The van der Waals surface area contributed by atoms with Gasteiger partial charge in [-0.15, -0.1) is 11.3 Å². The molecule has 0 radical (unpaired) electrons. The van der Waals surface area contributed by atoms with E-state index in [1.165, 1.54) is 11.3 Å². The molecule has 1 heterocycles. The SMILES string of the molecule is Cc1nc(SCCOc2cccc(Br)c2)sc1CC(=O)O. The molecular formula is C14H14BrNO3S2. The average molecular weight is 388 g/mol. The van der Waals surface area contributed by atoms with E-state index in [0.717, 1.165) is 30.9 Å². The van der Waals surface area contributed by atoms with Crippen molar-refractivity contribution < 1.29 is 14.6 Å². The smallest absolute Gasteiger partial charge is 0.308 e. The number of carboxylic acid groups (broad SMARTS) is 1. The van der Waals surface area contributed by atoms with E-state index in [1.54, 1.807) is 11.8 Å². The summed E-state index contributed by atoms with van der Waals surface area (Å²) in [5, 5.41) is 8.81. The lowest BCUT2D eigenvalue weighted by Gasteiger charge is -2.05. The summed E-state index contributed by atoms with van der Waals surface area (Å²) in [5.74, 6) is 0.773. The minimum atomic E-state index is -0.823. The first-order valence-electron chi connectivity index (χ1n) is 6.24. The van der Waals surface area contributed by atoms with E-state index in [2.05, 4.69) is 20.9 Å². The van der Waals surface area contributed by atoms with Gasteiger partial charge in [0.25, 0.3) is 0 Å². The first-order valence-corrected chi connectivity index (χ1v) is 8.83. The van der Waals surface area contributed by atoms with Gasteiger partial charge in [0.15, 0.2) is 4.34 Å². The largest absolute Gasteiger partial charge is 0.493 e. The summed E-state index contributed by atoms with van der Waals surface area (Å²) in [6.07, 6.45) is 0.0403. The van der Waals surface area contributed by atoms with E-state index in [4.69, 9.17) is 9.84 Å². The Morgan fingerprint density at radius 3 is 3.05 bits per heavy atom. The van der Waals surface area contributed by atoms with Crippen LogP contribution in [0.2, 0.25) is 0 Å². The lowest BCUT2D eigenvalue weighted by Crippen LogP contribution is -1.99. The van der Waals surface area contributed by atoms with Gasteiger partial charge in [-0.2, -0.15) is 0 Å². The average Bonchev–Trinajstić information content (AvgIpc) is 2.75. The molecule has 2 rings (SSSR count). The Bertz CT molecular complexity index is 630. The molecule has 4 nitrogen and oxygen atoms in total. The van der Waals surface area contributed by atoms with Crippen LogP contribution in [0.4, 0.5) is 0 Å². The number of carboxylic acids is 1. The molecule has 0 saturated carbocycles. The van der Waals surface area contributed by atoms with Crippen LogP contribution in [0, 0.1) is 6.92 Å². The normalized spacial score (nSPS) is 10.6. The second-order valence-electron chi connectivity index (χ2n) is 4.21. The zero-order valence-electron chi connectivity index (χ0n) is 11.3. The zero-order valence-corrected chi connectivity index (χ0v) is 14.6. The Hall–Kier alpha value is -1.05. The van der Waals surface area contributed by atoms with Crippen molar-refractivity contribution in [3.8, 4) is 5.75 Å². The Morgan fingerprint density at radius 1 is 1.52 bits per heavy atom. The second kappa shape index (κ2) is 7.82. The van der Waals surface area contributed by atoms with Gasteiger partial charge in [-0.3, -0.25) is 4.79 Å². The van der Waals surface area contributed by atoms with Crippen molar-refractivity contribution in [2.75, 3.05) is 12.4 Å². The molecule has 7 heteroatoms. The second-order valence-corrected chi connectivity index (χ2v) is 7.55. The van der Waals surface area contributed by atoms with Crippen LogP contribution in [0.25, 0.3) is 0 Å². The Kier molecular flexibility index (Phi) is 6.08. The van der Waals surface area contributed by atoms with Crippen LogP contribution in [0.15, 0.2) is 33.1 Å². The van der Waals surface area contributed by atoms with Gasteiger partial charge in [0.1, 0.15) is 5.75 Å². The highest BCUT2D eigenvalue weighted by Gasteiger charge is 2.11. The topological polar surface area (TPSA) is 59.4 Å². The third-order valence-electron chi connectivity index (χ3n) is 2.56. The van der Waals surface area contributed by atoms with Crippen molar-refractivity contribution in [3.05, 3.63) is 39.3 Å². The maximum absolute atomic E-state index is 10.7. The number of aliphatic carboxylic acids is 1. The van der Waals surface area contributed by atoms with Crippen LogP contribution in [0.5, 0.6) is 5.75 Å². The minimum absolute atomic E-state index is 0.0403. The van der Waals surface area contributed by atoms with Crippen molar-refractivity contribution in [2.45, 2.75) is 17.7 Å². The Morgan fingerprint density at radius 2 is 2.33 bits per heavy atom. The van der Waals surface area contributed by atoms with Gasteiger partial charge in [0.2, 0.25) is 0 Å². The fourth-order valence-electron chi connectivity index (χ4n) is 1.61. The highest BCUT2D eigenvalue weighted by atomic mass is 79.9. The van der Waals surface area contributed by atoms with Crippen LogP contribution >= 0.6 is 39.0 Å². The van der Waals surface area contributed by atoms with Gasteiger partial charge >= 0.3 is 5.97 Å². The number of hydrogen-bond donors (Lipinski definition) is 1. The summed E-state index contributed by atoms with van der Waals surface area (Å²) >= 11 is 6.42. The van der Waals surface area contributed by atoms with Crippen molar-refractivity contribution in [1.82, 2.24) is 4.98 Å². The quantitative estimate of drug-likeness (QED) is 0.574. The summed E-state index contributed by atoms with van der Waals surface area (Å²) < 4.78 is 7.52. The van der Waals surface area contributed by atoms with E-state index in [-0.39, 0.29) is 6.42 Å². The fourth-order valence-corrected chi connectivity index (χ4v) is 4.10. The first-order chi connectivity index (χ1) is 10.0. The first kappa shape index (κ1) is 16.3. The van der Waals surface area contributed by atoms with Crippen LogP contribution in [-0.4, -0.2) is 28.4 Å². The predicted molar refractivity (Wildman–Crippen MR) is 88.6 cm³/mol. The lowest BCUT2D eigenvalue weighted by atomic mass is 10.3. The molecule has 1 aromatic carbocycles. The number of hydrogen-bond acceptors (Lipinski definition) is 5. The van der Waals surface area contributed by atoms with Gasteiger partial charge in [0, 0.05) is 15.1 Å². The van der Waals surface area contributed by atoms with E-state index < -0.39 is 5.97 Å². The third kappa shape index (κ3) is 5.33. The molecule has 0 saturated heterocycles. The van der Waals surface area contributed by atoms with Crippen LogP contribution < -0.4 is 4.74 Å². The van der Waals surface area contributed by atoms with Crippen molar-refractivity contribution >= 4 is 45.0 Å². The van der Waals surface area contributed by atoms with Crippen molar-refractivity contribution in [1.29, 1.82) is 0 Å². The molecule has 112 valence electrons. The van der Waals surface area contributed by atoms with Crippen LogP contribution in [-0.2, 0) is 11.2 Å². The number of thiazole rings is 1. The molecule has 21 heavy (non-hydrogen) atoms. The maximum atomic E-state index is 10.7. The number of carbonyl (C=O) groups is 1. The lowest BCUT2D eigenvalue weighted by molar-refractivity contribution is -0.136.